The van der Waals surface area contributed by atoms with Crippen molar-refractivity contribution in [3.8, 4) is 0 Å². The minimum absolute atomic E-state index is 0.0565. The fourth-order valence-electron chi connectivity index (χ4n) is 4.85. The van der Waals surface area contributed by atoms with E-state index in [1.54, 1.807) is 29.9 Å². The number of rotatable bonds is 6. The summed E-state index contributed by atoms with van der Waals surface area (Å²) in [7, 11) is 0. The lowest BCUT2D eigenvalue weighted by atomic mass is 9.97. The number of piperidine rings is 1. The molecule has 4 heterocycles. The molecule has 1 aliphatic heterocycles. The third-order valence-corrected chi connectivity index (χ3v) is 7.90. The molecule has 1 unspecified atom stereocenters. The van der Waals surface area contributed by atoms with Crippen LogP contribution in [0.15, 0.2) is 29.5 Å². The molecule has 3 N–H and O–H groups in total. The summed E-state index contributed by atoms with van der Waals surface area (Å²) < 4.78 is 1.54. The van der Waals surface area contributed by atoms with Gasteiger partial charge < -0.3 is 16.0 Å². The molecule has 2 amide bonds. The van der Waals surface area contributed by atoms with Gasteiger partial charge in [-0.2, -0.15) is 0 Å². The number of aromatic nitrogens is 3. The molecule has 34 heavy (non-hydrogen) atoms. The number of nitrogens with one attached hydrogen (secondary N) is 1. The summed E-state index contributed by atoms with van der Waals surface area (Å²) in [5.74, 6) is 0.127. The molecule has 0 aromatic carbocycles. The average Bonchev–Trinajstić information content (AvgIpc) is 3.23. The molecule has 1 saturated heterocycles. The lowest BCUT2D eigenvalue weighted by Gasteiger charge is -2.32. The van der Waals surface area contributed by atoms with Gasteiger partial charge in [-0.25, -0.2) is 9.97 Å². The average molecular weight is 481 g/mol. The molecule has 0 spiro atoms. The van der Waals surface area contributed by atoms with Crippen molar-refractivity contribution < 1.29 is 9.59 Å². The van der Waals surface area contributed by atoms with E-state index in [-0.39, 0.29) is 36.3 Å². The van der Waals surface area contributed by atoms with E-state index in [2.05, 4.69) is 15.3 Å². The van der Waals surface area contributed by atoms with E-state index in [4.69, 9.17) is 5.73 Å². The lowest BCUT2D eigenvalue weighted by Crippen LogP contribution is -2.41. The summed E-state index contributed by atoms with van der Waals surface area (Å²) in [5.41, 5.74) is 7.15. The number of fused-ring (bicyclic) bond motifs is 3. The van der Waals surface area contributed by atoms with E-state index in [0.29, 0.717) is 12.2 Å². The van der Waals surface area contributed by atoms with Crippen LogP contribution in [-0.4, -0.2) is 39.4 Å². The topological polar surface area (TPSA) is 123 Å². The van der Waals surface area contributed by atoms with Gasteiger partial charge in [0.2, 0.25) is 11.8 Å². The first-order valence-corrected chi connectivity index (χ1v) is 12.6. The van der Waals surface area contributed by atoms with Gasteiger partial charge in [-0.15, -0.1) is 11.3 Å². The molecule has 5 rings (SSSR count). The molecule has 10 heteroatoms. The minimum Gasteiger partial charge on any atom is -0.369 e. The number of carbonyl (C=O) groups excluding carboxylic acids is 2. The highest BCUT2D eigenvalue weighted by molar-refractivity contribution is 7.18. The molecular weight excluding hydrogens is 452 g/mol. The van der Waals surface area contributed by atoms with E-state index < -0.39 is 0 Å². The third-order valence-electron chi connectivity index (χ3n) is 6.70. The minimum atomic E-state index is -0.277. The van der Waals surface area contributed by atoms with Crippen LogP contribution in [0.3, 0.4) is 0 Å². The summed E-state index contributed by atoms with van der Waals surface area (Å²) >= 11 is 1.62. The molecule has 3 aromatic heterocycles. The van der Waals surface area contributed by atoms with Gasteiger partial charge in [-0.1, -0.05) is 0 Å². The number of anilines is 2. The van der Waals surface area contributed by atoms with E-state index >= 15 is 0 Å². The predicted molar refractivity (Wildman–Crippen MR) is 132 cm³/mol. The number of aryl methyl sites for hydroxylation is 3. The molecule has 0 radical (unpaired) electrons. The zero-order valence-corrected chi connectivity index (χ0v) is 19.8. The fourth-order valence-corrected chi connectivity index (χ4v) is 6.07. The van der Waals surface area contributed by atoms with Gasteiger partial charge in [0.1, 0.15) is 10.6 Å². The van der Waals surface area contributed by atoms with Gasteiger partial charge >= 0.3 is 0 Å². The van der Waals surface area contributed by atoms with Crippen molar-refractivity contribution in [1.82, 2.24) is 14.5 Å². The van der Waals surface area contributed by atoms with Crippen LogP contribution in [0, 0.1) is 5.92 Å². The maximum Gasteiger partial charge on any atom is 0.262 e. The quantitative estimate of drug-likeness (QED) is 0.559. The molecule has 9 nitrogen and oxygen atoms in total. The Hall–Kier alpha value is -3.27. The van der Waals surface area contributed by atoms with Crippen molar-refractivity contribution in [2.75, 3.05) is 23.3 Å². The predicted octanol–water partition coefficient (Wildman–Crippen LogP) is 2.46. The number of hydrogen-bond acceptors (Lipinski definition) is 7. The molecule has 3 aromatic rings. The Morgan fingerprint density at radius 1 is 1.18 bits per heavy atom. The van der Waals surface area contributed by atoms with E-state index in [1.807, 2.05) is 11.0 Å². The molecule has 1 fully saturated rings. The van der Waals surface area contributed by atoms with Crippen LogP contribution in [0.25, 0.3) is 10.2 Å². The summed E-state index contributed by atoms with van der Waals surface area (Å²) in [5, 5.41) is 3.58. The van der Waals surface area contributed by atoms with Gasteiger partial charge in [-0.3, -0.25) is 19.0 Å². The smallest absolute Gasteiger partial charge is 0.262 e. The van der Waals surface area contributed by atoms with Gasteiger partial charge in [0.05, 0.1) is 29.5 Å². The Morgan fingerprint density at radius 3 is 2.82 bits per heavy atom. The van der Waals surface area contributed by atoms with Gasteiger partial charge in [0.25, 0.3) is 5.56 Å². The Kier molecular flexibility index (Phi) is 6.32. The fraction of sp³-hybridized carbons (Fsp3) is 0.458. The summed E-state index contributed by atoms with van der Waals surface area (Å²) in [4.78, 5) is 50.1. The summed E-state index contributed by atoms with van der Waals surface area (Å²) in [6, 6.07) is 3.63. The Labute approximate surface area is 201 Å². The normalized spacial score (nSPS) is 18.0. The molecule has 0 bridgehead atoms. The van der Waals surface area contributed by atoms with Crippen LogP contribution in [-0.2, 0) is 29.0 Å². The molecule has 178 valence electrons. The number of nitrogens with two attached hydrogens (primary N) is 1. The number of primary amides is 1. The van der Waals surface area contributed by atoms with Crippen molar-refractivity contribution in [3.63, 3.8) is 0 Å². The van der Waals surface area contributed by atoms with Crippen molar-refractivity contribution in [2.24, 2.45) is 11.7 Å². The number of nitrogens with zero attached hydrogens (tertiary/aromatic N) is 4. The monoisotopic (exact) mass is 480 g/mol. The number of amides is 2. The Balaban J connectivity index is 1.20. The highest BCUT2D eigenvalue weighted by Gasteiger charge is 2.25. The van der Waals surface area contributed by atoms with E-state index in [1.165, 1.54) is 9.44 Å². The summed E-state index contributed by atoms with van der Waals surface area (Å²) in [6.07, 6.45) is 9.24. The highest BCUT2D eigenvalue weighted by Crippen LogP contribution is 2.33. The maximum absolute atomic E-state index is 13.0. The number of hydrogen-bond donors (Lipinski definition) is 2. The molecule has 1 atom stereocenters. The zero-order valence-electron chi connectivity index (χ0n) is 19.0. The Morgan fingerprint density at radius 2 is 2.03 bits per heavy atom. The van der Waals surface area contributed by atoms with Crippen LogP contribution in [0.4, 0.5) is 11.5 Å². The standard InChI is InChI=1S/C24H28N6O3S/c25-22(32)15-4-3-10-29(13-15)19-8-7-16(12-26-19)28-20(31)9-11-30-14-27-23-21(24(30)33)17-5-1-2-6-18(17)34-23/h7-8,12,14-15H,1-6,9-11,13H2,(H2,25,32)(H,28,31). The van der Waals surface area contributed by atoms with E-state index in [0.717, 1.165) is 66.7 Å². The molecule has 2 aliphatic rings. The van der Waals surface area contributed by atoms with Crippen molar-refractivity contribution in [3.05, 3.63) is 45.5 Å². The Bertz CT molecular complexity index is 1280. The van der Waals surface area contributed by atoms with Crippen molar-refractivity contribution in [2.45, 2.75) is 51.5 Å². The number of thiophene rings is 1. The van der Waals surface area contributed by atoms with Crippen molar-refractivity contribution in [1.29, 1.82) is 0 Å². The highest BCUT2D eigenvalue weighted by atomic mass is 32.1. The number of pyridine rings is 1. The van der Waals surface area contributed by atoms with E-state index in [9.17, 15) is 14.4 Å². The van der Waals surface area contributed by atoms with Crippen LogP contribution in [0.5, 0.6) is 0 Å². The lowest BCUT2D eigenvalue weighted by molar-refractivity contribution is -0.122. The first-order chi connectivity index (χ1) is 16.5. The molecular formula is C24H28N6O3S. The second-order valence-electron chi connectivity index (χ2n) is 9.02. The van der Waals surface area contributed by atoms with Crippen LogP contribution in [0.2, 0.25) is 0 Å². The maximum atomic E-state index is 13.0. The van der Waals surface area contributed by atoms with Gasteiger partial charge in [-0.05, 0) is 56.2 Å². The first-order valence-electron chi connectivity index (χ1n) is 11.8. The van der Waals surface area contributed by atoms with Gasteiger partial charge in [0.15, 0.2) is 0 Å². The second-order valence-corrected chi connectivity index (χ2v) is 10.1. The second kappa shape index (κ2) is 9.54. The van der Waals surface area contributed by atoms with Crippen LogP contribution in [0.1, 0.15) is 42.5 Å². The van der Waals surface area contributed by atoms with Crippen LogP contribution < -0.4 is 21.5 Å². The van der Waals surface area contributed by atoms with Gasteiger partial charge in [0, 0.05) is 30.9 Å². The SMILES string of the molecule is NC(=O)C1CCCN(c2ccc(NC(=O)CCn3cnc4sc5c(c4c3=O)CCCC5)cn2)C1. The van der Waals surface area contributed by atoms with Crippen LogP contribution >= 0.6 is 11.3 Å². The molecule has 0 saturated carbocycles. The largest absolute Gasteiger partial charge is 0.369 e. The third kappa shape index (κ3) is 4.54. The summed E-state index contributed by atoms with van der Waals surface area (Å²) in [6.45, 7) is 1.66. The zero-order chi connectivity index (χ0) is 23.7. The first kappa shape index (κ1) is 22.5. The molecule has 1 aliphatic carbocycles. The van der Waals surface area contributed by atoms with Crippen molar-refractivity contribution >= 4 is 44.9 Å². The number of carbonyl (C=O) groups is 2.